The molecule has 0 radical (unpaired) electrons. The minimum absolute atomic E-state index is 0.0493. The van der Waals surface area contributed by atoms with Crippen molar-refractivity contribution >= 4 is 23.9 Å². The molecule has 1 aliphatic heterocycles. The normalized spacial score (nSPS) is 15.5. The lowest BCUT2D eigenvalue weighted by molar-refractivity contribution is -0.161. The number of unbranched alkanes of at least 4 members (excludes halogenated alkanes) is 24. The molecule has 63 heavy (non-hydrogen) atoms. The molecular formula is C53H100N2O8. The summed E-state index contributed by atoms with van der Waals surface area (Å²) in [6.07, 6.45) is 37.3. The molecule has 370 valence electrons. The lowest BCUT2D eigenvalue weighted by atomic mass is 9.98. The zero-order valence-corrected chi connectivity index (χ0v) is 41.9. The Morgan fingerprint density at radius 2 is 0.984 bits per heavy atom. The van der Waals surface area contributed by atoms with Gasteiger partial charge in [-0.1, -0.05) is 162 Å². The molecule has 1 aliphatic rings. The number of hydrogen-bond acceptors (Lipinski definition) is 10. The van der Waals surface area contributed by atoms with Crippen molar-refractivity contribution in [2.24, 2.45) is 0 Å². The Bertz CT molecular complexity index is 1090. The number of carbonyl (C=O) groups is 4. The van der Waals surface area contributed by atoms with Crippen molar-refractivity contribution in [2.45, 2.75) is 270 Å². The van der Waals surface area contributed by atoms with E-state index in [0.29, 0.717) is 58.4 Å². The Balaban J connectivity index is 2.42. The van der Waals surface area contributed by atoms with E-state index in [4.69, 9.17) is 18.9 Å². The number of hydrogen-bond donors (Lipinski definition) is 0. The Hall–Kier alpha value is -2.20. The van der Waals surface area contributed by atoms with Gasteiger partial charge in [-0.15, -0.1) is 0 Å². The number of likely N-dealkylation sites (tertiary alicyclic amines) is 1. The van der Waals surface area contributed by atoms with Crippen LogP contribution in [-0.4, -0.2) is 98.9 Å². The third kappa shape index (κ3) is 35.7. The molecule has 0 aromatic carbocycles. The van der Waals surface area contributed by atoms with Gasteiger partial charge < -0.3 is 23.8 Å². The molecule has 1 rings (SSSR count). The van der Waals surface area contributed by atoms with Crippen molar-refractivity contribution in [3.8, 4) is 0 Å². The summed E-state index contributed by atoms with van der Waals surface area (Å²) in [5, 5.41) is 0. The first-order chi connectivity index (χ1) is 30.7. The van der Waals surface area contributed by atoms with Crippen molar-refractivity contribution in [3.05, 3.63) is 0 Å². The molecule has 10 heteroatoms. The van der Waals surface area contributed by atoms with Crippen molar-refractivity contribution in [3.63, 3.8) is 0 Å². The summed E-state index contributed by atoms with van der Waals surface area (Å²) < 4.78 is 23.2. The van der Waals surface area contributed by atoms with Gasteiger partial charge in [0.15, 0.2) is 0 Å². The fourth-order valence-electron chi connectivity index (χ4n) is 8.58. The van der Waals surface area contributed by atoms with Gasteiger partial charge in [0.25, 0.3) is 0 Å². The van der Waals surface area contributed by atoms with Gasteiger partial charge in [0.1, 0.15) is 18.2 Å². The van der Waals surface area contributed by atoms with Crippen LogP contribution in [0.15, 0.2) is 0 Å². The van der Waals surface area contributed by atoms with E-state index >= 15 is 0 Å². The molecule has 0 unspecified atom stereocenters. The van der Waals surface area contributed by atoms with Crippen LogP contribution in [0.1, 0.15) is 252 Å². The van der Waals surface area contributed by atoms with Crippen molar-refractivity contribution in [2.75, 3.05) is 46.9 Å². The van der Waals surface area contributed by atoms with Crippen molar-refractivity contribution in [1.29, 1.82) is 0 Å². The Kier molecular flexibility index (Phi) is 39.6. The predicted octanol–water partition coefficient (Wildman–Crippen LogP) is 13.2. The van der Waals surface area contributed by atoms with Crippen LogP contribution in [0.4, 0.5) is 0 Å². The van der Waals surface area contributed by atoms with Gasteiger partial charge in [0.2, 0.25) is 0 Å². The highest BCUT2D eigenvalue weighted by Gasteiger charge is 2.36. The number of piperidine rings is 1. The second-order valence-electron chi connectivity index (χ2n) is 19.0. The highest BCUT2D eigenvalue weighted by Crippen LogP contribution is 2.24. The molecule has 0 N–H and O–H groups in total. The zero-order chi connectivity index (χ0) is 46.0. The number of rotatable bonds is 44. The molecule has 0 aromatic rings. The quantitative estimate of drug-likeness (QED) is 0.0333. The van der Waals surface area contributed by atoms with E-state index in [1.165, 1.54) is 109 Å². The molecule has 0 aliphatic carbocycles. The summed E-state index contributed by atoms with van der Waals surface area (Å²) in [5.74, 6) is -0.639. The third-order valence-corrected chi connectivity index (χ3v) is 12.7. The summed E-state index contributed by atoms with van der Waals surface area (Å²) in [6.45, 7) is 9.63. The molecule has 0 bridgehead atoms. The lowest BCUT2D eigenvalue weighted by Gasteiger charge is -2.37. The van der Waals surface area contributed by atoms with Crippen LogP contribution in [0.5, 0.6) is 0 Å². The minimum atomic E-state index is -0.455. The van der Waals surface area contributed by atoms with Crippen LogP contribution in [0.25, 0.3) is 0 Å². The molecule has 1 heterocycles. The Morgan fingerprint density at radius 1 is 0.524 bits per heavy atom. The molecule has 2 atom stereocenters. The third-order valence-electron chi connectivity index (χ3n) is 12.7. The van der Waals surface area contributed by atoms with Crippen molar-refractivity contribution < 1.29 is 38.1 Å². The largest absolute Gasteiger partial charge is 0.466 e. The van der Waals surface area contributed by atoms with Gasteiger partial charge in [-0.25, -0.2) is 0 Å². The molecule has 0 amide bonds. The van der Waals surface area contributed by atoms with Crippen LogP contribution in [0, 0.1) is 0 Å². The molecule has 0 saturated carbocycles. The monoisotopic (exact) mass is 893 g/mol. The number of carbonyl (C=O) groups excluding carboxylic acids is 4. The van der Waals surface area contributed by atoms with E-state index in [2.05, 4.69) is 25.7 Å². The Morgan fingerprint density at radius 3 is 1.52 bits per heavy atom. The first kappa shape index (κ1) is 58.8. The first-order valence-electron chi connectivity index (χ1n) is 26.8. The highest BCUT2D eigenvalue weighted by molar-refractivity contribution is 5.76. The van der Waals surface area contributed by atoms with E-state index in [1.54, 1.807) is 0 Å². The molecule has 10 nitrogen and oxygen atoms in total. The van der Waals surface area contributed by atoms with Crippen molar-refractivity contribution in [1.82, 2.24) is 9.80 Å². The first-order valence-corrected chi connectivity index (χ1v) is 26.8. The van der Waals surface area contributed by atoms with Crippen LogP contribution in [-0.2, 0) is 38.1 Å². The topological polar surface area (TPSA) is 112 Å². The number of ether oxygens (including phenoxy) is 4. The van der Waals surface area contributed by atoms with Gasteiger partial charge in [-0.05, 0) is 84.8 Å². The van der Waals surface area contributed by atoms with Gasteiger partial charge in [-0.2, -0.15) is 0 Å². The second-order valence-corrected chi connectivity index (χ2v) is 19.0. The summed E-state index contributed by atoms with van der Waals surface area (Å²) in [5.41, 5.74) is 0. The SMILES string of the molecule is CCCCCCCCCCCOC(=O)CCCCCN1CC[C@H](OC(=O)CCN(C)C)C[C@H]1C(=O)OCCCCCCCC(=O)OC(CCCCCCCC)CCCCCCCC. The van der Waals surface area contributed by atoms with Crippen LogP contribution in [0.2, 0.25) is 0 Å². The van der Waals surface area contributed by atoms with E-state index < -0.39 is 6.04 Å². The molecule has 0 spiro atoms. The van der Waals surface area contributed by atoms with Crippen LogP contribution in [0.3, 0.4) is 0 Å². The Labute approximate surface area is 387 Å². The van der Waals surface area contributed by atoms with Gasteiger partial charge in [0.05, 0.1) is 19.6 Å². The molecule has 1 fully saturated rings. The average molecular weight is 893 g/mol. The maximum Gasteiger partial charge on any atom is 0.323 e. The van der Waals surface area contributed by atoms with E-state index in [9.17, 15) is 19.2 Å². The number of nitrogens with zero attached hydrogens (tertiary/aromatic N) is 2. The van der Waals surface area contributed by atoms with Crippen LogP contribution < -0.4 is 0 Å². The van der Waals surface area contributed by atoms with Crippen LogP contribution >= 0.6 is 0 Å². The van der Waals surface area contributed by atoms with Gasteiger partial charge in [0, 0.05) is 32.4 Å². The van der Waals surface area contributed by atoms with E-state index in [1.807, 2.05) is 19.0 Å². The van der Waals surface area contributed by atoms with E-state index in [0.717, 1.165) is 96.4 Å². The minimum Gasteiger partial charge on any atom is -0.466 e. The maximum absolute atomic E-state index is 13.5. The molecule has 0 aromatic heterocycles. The smallest absolute Gasteiger partial charge is 0.323 e. The fraction of sp³-hybridized carbons (Fsp3) is 0.925. The summed E-state index contributed by atoms with van der Waals surface area (Å²) >= 11 is 0. The van der Waals surface area contributed by atoms with Gasteiger partial charge >= 0.3 is 23.9 Å². The fourth-order valence-corrected chi connectivity index (χ4v) is 8.58. The highest BCUT2D eigenvalue weighted by atomic mass is 16.6. The average Bonchev–Trinajstić information content (AvgIpc) is 3.26. The maximum atomic E-state index is 13.5. The summed E-state index contributed by atoms with van der Waals surface area (Å²) in [7, 11) is 3.86. The zero-order valence-electron chi connectivity index (χ0n) is 41.9. The standard InChI is InChI=1S/C53H100N2O8/c1-6-9-12-15-18-19-20-25-33-44-60-50(56)37-31-27-32-41-55-43-39-48(63-52(58)40-42-54(4)5)46-49(55)53(59)61-45-34-26-21-24-30-38-51(57)62-47(35-28-22-16-13-10-7-2)36-29-23-17-14-11-8-3/h47-49H,6-46H2,1-5H3/t48-,49-/m0/s1. The lowest BCUT2D eigenvalue weighted by Crippen LogP contribution is -2.50. The predicted molar refractivity (Wildman–Crippen MR) is 259 cm³/mol. The summed E-state index contributed by atoms with van der Waals surface area (Å²) in [4.78, 5) is 55.3. The number of esters is 4. The van der Waals surface area contributed by atoms with E-state index in [-0.39, 0.29) is 36.1 Å². The molecule has 1 saturated heterocycles. The summed E-state index contributed by atoms with van der Waals surface area (Å²) in [6, 6.07) is -0.455. The molecular weight excluding hydrogens is 793 g/mol. The van der Waals surface area contributed by atoms with Gasteiger partial charge in [-0.3, -0.25) is 24.1 Å². The second kappa shape index (κ2) is 42.4.